The Balaban J connectivity index is 0. The first-order chi connectivity index (χ1) is 5.41. The molecule has 0 aliphatic rings. The molecule has 0 bridgehead atoms. The first-order valence-corrected chi connectivity index (χ1v) is 5.02. The summed E-state index contributed by atoms with van der Waals surface area (Å²) in [5.74, 6) is 0. The Labute approximate surface area is 95.7 Å². The molecule has 0 aliphatic heterocycles. The zero-order valence-corrected chi connectivity index (χ0v) is 11.9. The van der Waals surface area contributed by atoms with E-state index in [-0.39, 0.29) is 25.8 Å². The van der Waals surface area contributed by atoms with Crippen LogP contribution in [-0.2, 0) is 25.8 Å². The van der Waals surface area contributed by atoms with Crippen LogP contribution in [0, 0.1) is 0 Å². The number of hydrogen-bond donors (Lipinski definition) is 1. The molecule has 0 rings (SSSR count). The van der Waals surface area contributed by atoms with Crippen LogP contribution in [0.25, 0.3) is 0 Å². The van der Waals surface area contributed by atoms with Crippen molar-refractivity contribution in [3.63, 3.8) is 0 Å². The molecule has 0 radical (unpaired) electrons. The predicted molar refractivity (Wildman–Crippen MR) is 49.7 cm³/mol. The molecule has 0 aliphatic carbocycles. The molecule has 2 heteroatoms. The van der Waals surface area contributed by atoms with Gasteiger partial charge in [0.1, 0.15) is 0 Å². The van der Waals surface area contributed by atoms with Crippen LogP contribution in [0.3, 0.4) is 0 Å². The maximum absolute atomic E-state index is 8.51. The molecule has 72 valence electrons. The van der Waals surface area contributed by atoms with Crippen molar-refractivity contribution < 1.29 is 30.9 Å². The molecule has 0 amide bonds. The van der Waals surface area contributed by atoms with Gasteiger partial charge in [-0.1, -0.05) is 51.9 Å². The van der Waals surface area contributed by atoms with E-state index in [1.165, 1.54) is 44.9 Å². The number of aliphatic hydroxyl groups excluding tert-OH is 1. The molecule has 1 N–H and O–H groups in total. The van der Waals surface area contributed by atoms with Gasteiger partial charge in [0.2, 0.25) is 0 Å². The predicted octanol–water partition coefficient (Wildman–Crippen LogP) is 3.12. The Bertz CT molecular complexity index is 58.9. The summed E-state index contributed by atoms with van der Waals surface area (Å²) in [7, 11) is 0. The van der Waals surface area contributed by atoms with E-state index < -0.39 is 0 Å². The van der Waals surface area contributed by atoms with E-state index in [4.69, 9.17) is 5.11 Å². The maximum atomic E-state index is 8.51. The summed E-state index contributed by atoms with van der Waals surface area (Å²) in [6, 6.07) is 0. The fraction of sp³-hybridized carbons (Fsp3) is 1.00. The van der Waals surface area contributed by atoms with Gasteiger partial charge in [0.15, 0.2) is 0 Å². The van der Waals surface area contributed by atoms with E-state index in [2.05, 4.69) is 6.92 Å². The molecule has 0 heterocycles. The van der Waals surface area contributed by atoms with Crippen LogP contribution in [0.15, 0.2) is 0 Å². The molecule has 0 fully saturated rings. The molecule has 1 nitrogen and oxygen atoms in total. The van der Waals surface area contributed by atoms with E-state index in [9.17, 15) is 0 Å². The molecule has 0 saturated heterocycles. The largest absolute Gasteiger partial charge is 0.396 e. The van der Waals surface area contributed by atoms with Gasteiger partial charge in [-0.05, 0) is 6.42 Å². The monoisotopic (exact) mass is 338 g/mol. The minimum Gasteiger partial charge on any atom is -0.396 e. The Hall–Kier alpha value is 0.830. The molecule has 0 aromatic carbocycles. The second-order valence-corrected chi connectivity index (χ2v) is 3.20. The van der Waals surface area contributed by atoms with Crippen LogP contribution < -0.4 is 0 Å². The van der Waals surface area contributed by atoms with Crippen molar-refractivity contribution >= 4 is 0 Å². The van der Waals surface area contributed by atoms with Crippen LogP contribution >= 0.6 is 0 Å². The van der Waals surface area contributed by atoms with Crippen LogP contribution in [0.1, 0.15) is 58.3 Å². The topological polar surface area (TPSA) is 20.2 Å². The number of unbranched alkanes of at least 4 members (excludes halogenated alkanes) is 7. The van der Waals surface area contributed by atoms with Gasteiger partial charge in [-0.15, -0.1) is 0 Å². The van der Waals surface area contributed by atoms with E-state index in [1.54, 1.807) is 0 Å². The number of hydrogen-bond acceptors (Lipinski definition) is 1. The van der Waals surface area contributed by atoms with Gasteiger partial charge in [0.05, 0.1) is 0 Å². The molecule has 0 saturated carbocycles. The molecule has 0 spiro atoms. The second kappa shape index (κ2) is 14.4. The van der Waals surface area contributed by atoms with Crippen LogP contribution in [-0.4, -0.2) is 11.7 Å². The van der Waals surface area contributed by atoms with Gasteiger partial charge >= 0.3 is 0 Å². The van der Waals surface area contributed by atoms with Gasteiger partial charge in [0.25, 0.3) is 0 Å². The average molecular weight is 337 g/mol. The third-order valence-electron chi connectivity index (χ3n) is 2.01. The van der Waals surface area contributed by atoms with Crippen molar-refractivity contribution in [3.05, 3.63) is 0 Å². The normalized spacial score (nSPS) is 9.50. The quantitative estimate of drug-likeness (QED) is 0.533. The first kappa shape index (κ1) is 15.3. The smallest absolute Gasteiger partial charge is 0.0431 e. The fourth-order valence-corrected chi connectivity index (χ4v) is 1.25. The Kier molecular flexibility index (Phi) is 18.3. The van der Waals surface area contributed by atoms with Crippen molar-refractivity contribution in [1.29, 1.82) is 0 Å². The van der Waals surface area contributed by atoms with Gasteiger partial charge in [-0.25, -0.2) is 0 Å². The summed E-state index contributed by atoms with van der Waals surface area (Å²) in [4.78, 5) is 0. The zero-order chi connectivity index (χ0) is 8.36. The standard InChI is InChI=1S/C10H22O.Hf/c1-2-3-4-5-6-7-8-9-10-11;/h11H,2-10H2,1H3;. The third kappa shape index (κ3) is 13.4. The summed E-state index contributed by atoms with van der Waals surface area (Å²) in [6.45, 7) is 2.61. The van der Waals surface area contributed by atoms with Gasteiger partial charge < -0.3 is 5.11 Å². The Morgan fingerprint density at radius 3 is 1.58 bits per heavy atom. The molecule has 0 aromatic heterocycles. The molecule has 0 unspecified atom stereocenters. The van der Waals surface area contributed by atoms with Crippen molar-refractivity contribution in [2.75, 3.05) is 6.61 Å². The summed E-state index contributed by atoms with van der Waals surface area (Å²) in [5, 5.41) is 8.51. The molecule has 0 atom stereocenters. The zero-order valence-electron chi connectivity index (χ0n) is 8.31. The Morgan fingerprint density at radius 1 is 0.750 bits per heavy atom. The van der Waals surface area contributed by atoms with Crippen molar-refractivity contribution in [2.24, 2.45) is 0 Å². The van der Waals surface area contributed by atoms with E-state index in [0.717, 1.165) is 6.42 Å². The average Bonchev–Trinajstić information content (AvgIpc) is 2.03. The molecule has 12 heavy (non-hydrogen) atoms. The minimum atomic E-state index is 0. The van der Waals surface area contributed by atoms with Crippen molar-refractivity contribution in [2.45, 2.75) is 58.3 Å². The first-order valence-electron chi connectivity index (χ1n) is 5.02. The molecule has 0 aromatic rings. The second-order valence-electron chi connectivity index (χ2n) is 3.20. The van der Waals surface area contributed by atoms with E-state index >= 15 is 0 Å². The van der Waals surface area contributed by atoms with Crippen LogP contribution in [0.5, 0.6) is 0 Å². The van der Waals surface area contributed by atoms with Gasteiger partial charge in [-0.2, -0.15) is 0 Å². The Morgan fingerprint density at radius 2 is 1.17 bits per heavy atom. The summed E-state index contributed by atoms with van der Waals surface area (Å²) in [6.07, 6.45) is 10.4. The van der Waals surface area contributed by atoms with Gasteiger partial charge in [-0.3, -0.25) is 0 Å². The van der Waals surface area contributed by atoms with Crippen LogP contribution in [0.2, 0.25) is 0 Å². The van der Waals surface area contributed by atoms with Crippen LogP contribution in [0.4, 0.5) is 0 Å². The summed E-state index contributed by atoms with van der Waals surface area (Å²) in [5.41, 5.74) is 0. The minimum absolute atomic E-state index is 0. The molecular formula is C10H22HfO. The SMILES string of the molecule is CCCCCCCCCCO.[Hf]. The third-order valence-corrected chi connectivity index (χ3v) is 2.01. The van der Waals surface area contributed by atoms with E-state index in [1.807, 2.05) is 0 Å². The summed E-state index contributed by atoms with van der Waals surface area (Å²) >= 11 is 0. The van der Waals surface area contributed by atoms with Gasteiger partial charge in [0, 0.05) is 32.5 Å². The molecular weight excluding hydrogens is 315 g/mol. The van der Waals surface area contributed by atoms with E-state index in [0.29, 0.717) is 6.61 Å². The summed E-state index contributed by atoms with van der Waals surface area (Å²) < 4.78 is 0. The maximum Gasteiger partial charge on any atom is 0.0431 e. The van der Waals surface area contributed by atoms with Crippen molar-refractivity contribution in [3.8, 4) is 0 Å². The van der Waals surface area contributed by atoms with Crippen molar-refractivity contribution in [1.82, 2.24) is 0 Å². The number of aliphatic hydroxyl groups is 1. The number of rotatable bonds is 8. The fourth-order valence-electron chi connectivity index (χ4n) is 1.25.